The number of rotatable bonds is 4. The molecule has 0 saturated heterocycles. The molecule has 0 unspecified atom stereocenters. The van der Waals surface area contributed by atoms with Gasteiger partial charge in [-0.15, -0.1) is 0 Å². The van der Waals surface area contributed by atoms with Crippen LogP contribution in [-0.2, 0) is 6.54 Å². The molecule has 2 aromatic heterocycles. The van der Waals surface area contributed by atoms with E-state index in [-0.39, 0.29) is 0 Å². The van der Waals surface area contributed by atoms with Crippen molar-refractivity contribution in [2.24, 2.45) is 0 Å². The molecule has 0 spiro atoms. The zero-order valence-corrected chi connectivity index (χ0v) is 10.9. The SMILES string of the molecule is c1ccc(-c2nccn2Cc2nc(C3CC3)no2)cc1. The molecule has 5 nitrogen and oxygen atoms in total. The molecule has 5 heteroatoms. The Labute approximate surface area is 116 Å². The molecule has 1 fully saturated rings. The lowest BCUT2D eigenvalue weighted by atomic mass is 10.2. The minimum atomic E-state index is 0.517. The summed E-state index contributed by atoms with van der Waals surface area (Å²) in [4.78, 5) is 8.87. The van der Waals surface area contributed by atoms with Gasteiger partial charge in [0, 0.05) is 23.9 Å². The van der Waals surface area contributed by atoms with E-state index in [1.807, 2.05) is 41.1 Å². The van der Waals surface area contributed by atoms with Crippen LogP contribution in [0.25, 0.3) is 11.4 Å². The molecule has 100 valence electrons. The lowest BCUT2D eigenvalue weighted by Gasteiger charge is -2.04. The first-order valence-corrected chi connectivity index (χ1v) is 6.79. The van der Waals surface area contributed by atoms with E-state index >= 15 is 0 Å². The maximum atomic E-state index is 5.32. The topological polar surface area (TPSA) is 56.7 Å². The van der Waals surface area contributed by atoms with Crippen molar-refractivity contribution in [1.82, 2.24) is 19.7 Å². The fourth-order valence-corrected chi connectivity index (χ4v) is 2.27. The second-order valence-corrected chi connectivity index (χ2v) is 5.07. The predicted molar refractivity (Wildman–Crippen MR) is 73.0 cm³/mol. The van der Waals surface area contributed by atoms with Gasteiger partial charge in [0.1, 0.15) is 12.4 Å². The van der Waals surface area contributed by atoms with Crippen LogP contribution in [0, 0.1) is 0 Å². The lowest BCUT2D eigenvalue weighted by molar-refractivity contribution is 0.366. The van der Waals surface area contributed by atoms with Crippen molar-refractivity contribution in [3.05, 3.63) is 54.4 Å². The van der Waals surface area contributed by atoms with Crippen LogP contribution >= 0.6 is 0 Å². The molecular formula is C15H14N4O. The summed E-state index contributed by atoms with van der Waals surface area (Å²) in [7, 11) is 0. The first-order chi connectivity index (χ1) is 9.90. The zero-order chi connectivity index (χ0) is 13.4. The molecule has 0 atom stereocenters. The molecule has 4 rings (SSSR count). The summed E-state index contributed by atoms with van der Waals surface area (Å²) in [6.45, 7) is 0.559. The van der Waals surface area contributed by atoms with E-state index < -0.39 is 0 Å². The molecule has 1 aliphatic carbocycles. The Bertz CT molecular complexity index is 712. The number of benzene rings is 1. The molecular weight excluding hydrogens is 252 g/mol. The van der Waals surface area contributed by atoms with Gasteiger partial charge in [-0.2, -0.15) is 4.98 Å². The molecule has 0 aliphatic heterocycles. The normalized spacial score (nSPS) is 14.6. The van der Waals surface area contributed by atoms with Gasteiger partial charge in [-0.3, -0.25) is 0 Å². The molecule has 3 aromatic rings. The highest BCUT2D eigenvalue weighted by Gasteiger charge is 2.28. The Morgan fingerprint density at radius 1 is 1.20 bits per heavy atom. The minimum Gasteiger partial charge on any atom is -0.337 e. The number of hydrogen-bond acceptors (Lipinski definition) is 4. The monoisotopic (exact) mass is 266 g/mol. The maximum absolute atomic E-state index is 5.32. The third kappa shape index (κ3) is 2.11. The highest BCUT2D eigenvalue weighted by atomic mass is 16.5. The molecule has 0 bridgehead atoms. The van der Waals surface area contributed by atoms with Crippen molar-refractivity contribution in [2.45, 2.75) is 25.3 Å². The Kier molecular flexibility index (Phi) is 2.62. The van der Waals surface area contributed by atoms with Crippen LogP contribution in [0.3, 0.4) is 0 Å². The average molecular weight is 266 g/mol. The van der Waals surface area contributed by atoms with E-state index in [0.717, 1.165) is 17.2 Å². The van der Waals surface area contributed by atoms with Crippen molar-refractivity contribution < 1.29 is 4.52 Å². The van der Waals surface area contributed by atoms with Gasteiger partial charge in [-0.25, -0.2) is 4.98 Å². The summed E-state index contributed by atoms with van der Waals surface area (Å²) in [5.74, 6) is 2.92. The van der Waals surface area contributed by atoms with Crippen LogP contribution in [0.5, 0.6) is 0 Å². The van der Waals surface area contributed by atoms with Crippen LogP contribution in [0.15, 0.2) is 47.2 Å². The van der Waals surface area contributed by atoms with Crippen molar-refractivity contribution in [3.63, 3.8) is 0 Å². The van der Waals surface area contributed by atoms with E-state index in [0.29, 0.717) is 18.4 Å². The Balaban J connectivity index is 1.61. The van der Waals surface area contributed by atoms with Gasteiger partial charge < -0.3 is 9.09 Å². The van der Waals surface area contributed by atoms with Gasteiger partial charge in [0.2, 0.25) is 5.89 Å². The van der Waals surface area contributed by atoms with Crippen LogP contribution in [0.2, 0.25) is 0 Å². The molecule has 1 saturated carbocycles. The van der Waals surface area contributed by atoms with Gasteiger partial charge in [-0.1, -0.05) is 35.5 Å². The Morgan fingerprint density at radius 3 is 2.85 bits per heavy atom. The molecule has 0 amide bonds. The van der Waals surface area contributed by atoms with E-state index in [2.05, 4.69) is 15.1 Å². The summed E-state index contributed by atoms with van der Waals surface area (Å²) in [6, 6.07) is 10.1. The fraction of sp³-hybridized carbons (Fsp3) is 0.267. The van der Waals surface area contributed by atoms with Crippen LogP contribution < -0.4 is 0 Å². The second-order valence-electron chi connectivity index (χ2n) is 5.07. The number of aromatic nitrogens is 4. The Hall–Kier alpha value is -2.43. The number of hydrogen-bond donors (Lipinski definition) is 0. The molecule has 0 N–H and O–H groups in total. The van der Waals surface area contributed by atoms with Crippen molar-refractivity contribution in [1.29, 1.82) is 0 Å². The molecule has 2 heterocycles. The first kappa shape index (κ1) is 11.4. The van der Waals surface area contributed by atoms with Crippen LogP contribution in [-0.4, -0.2) is 19.7 Å². The second kappa shape index (κ2) is 4.59. The Morgan fingerprint density at radius 2 is 2.05 bits per heavy atom. The van der Waals surface area contributed by atoms with Gasteiger partial charge in [0.25, 0.3) is 0 Å². The quantitative estimate of drug-likeness (QED) is 0.728. The largest absolute Gasteiger partial charge is 0.337 e. The third-order valence-electron chi connectivity index (χ3n) is 3.48. The smallest absolute Gasteiger partial charge is 0.246 e. The van der Waals surface area contributed by atoms with Crippen molar-refractivity contribution in [3.8, 4) is 11.4 Å². The number of nitrogens with zero attached hydrogens (tertiary/aromatic N) is 4. The van der Waals surface area contributed by atoms with E-state index in [1.54, 1.807) is 6.20 Å². The van der Waals surface area contributed by atoms with Crippen molar-refractivity contribution >= 4 is 0 Å². The third-order valence-corrected chi connectivity index (χ3v) is 3.48. The van der Waals surface area contributed by atoms with Gasteiger partial charge >= 0.3 is 0 Å². The van der Waals surface area contributed by atoms with Gasteiger partial charge in [0.15, 0.2) is 5.82 Å². The maximum Gasteiger partial charge on any atom is 0.246 e. The summed E-state index contributed by atoms with van der Waals surface area (Å²) in [5, 5.41) is 4.04. The predicted octanol–water partition coefficient (Wildman–Crippen LogP) is 2.86. The van der Waals surface area contributed by atoms with Crippen molar-refractivity contribution in [2.75, 3.05) is 0 Å². The van der Waals surface area contributed by atoms with Gasteiger partial charge in [0.05, 0.1) is 0 Å². The zero-order valence-electron chi connectivity index (χ0n) is 10.9. The molecule has 20 heavy (non-hydrogen) atoms. The summed E-state index contributed by atoms with van der Waals surface area (Å²) >= 11 is 0. The first-order valence-electron chi connectivity index (χ1n) is 6.79. The highest BCUT2D eigenvalue weighted by Crippen LogP contribution is 2.38. The highest BCUT2D eigenvalue weighted by molar-refractivity contribution is 5.55. The number of imidazole rings is 1. The molecule has 0 radical (unpaired) electrons. The van der Waals surface area contributed by atoms with Gasteiger partial charge in [-0.05, 0) is 12.8 Å². The van der Waals surface area contributed by atoms with Crippen LogP contribution in [0.4, 0.5) is 0 Å². The summed E-state index contributed by atoms with van der Waals surface area (Å²) in [6.07, 6.45) is 6.09. The lowest BCUT2D eigenvalue weighted by Crippen LogP contribution is -2.01. The molecule has 1 aromatic carbocycles. The van der Waals surface area contributed by atoms with E-state index in [1.165, 1.54) is 12.8 Å². The van der Waals surface area contributed by atoms with Crippen LogP contribution in [0.1, 0.15) is 30.5 Å². The summed E-state index contributed by atoms with van der Waals surface area (Å²) in [5.41, 5.74) is 1.08. The summed E-state index contributed by atoms with van der Waals surface area (Å²) < 4.78 is 7.35. The average Bonchev–Trinajstić information content (AvgIpc) is 3.06. The standard InChI is InChI=1S/C15H14N4O/c1-2-4-12(5-3-1)15-16-8-9-19(15)10-13-17-14(18-20-13)11-6-7-11/h1-5,8-9,11H,6-7,10H2. The minimum absolute atomic E-state index is 0.517. The van der Waals surface area contributed by atoms with E-state index in [9.17, 15) is 0 Å². The molecule has 1 aliphatic rings. The van der Waals surface area contributed by atoms with E-state index in [4.69, 9.17) is 4.52 Å². The fourth-order valence-electron chi connectivity index (χ4n) is 2.27.